The van der Waals surface area contributed by atoms with Crippen LogP contribution in [0.3, 0.4) is 0 Å². The fourth-order valence-electron chi connectivity index (χ4n) is 7.97. The van der Waals surface area contributed by atoms with E-state index in [-0.39, 0.29) is 0 Å². The highest BCUT2D eigenvalue weighted by molar-refractivity contribution is 7.26. The van der Waals surface area contributed by atoms with Crippen molar-refractivity contribution in [1.29, 1.82) is 0 Å². The van der Waals surface area contributed by atoms with Gasteiger partial charge in [0.25, 0.3) is 0 Å². The molecule has 0 radical (unpaired) electrons. The van der Waals surface area contributed by atoms with Crippen LogP contribution in [0, 0.1) is 6.92 Å². The van der Waals surface area contributed by atoms with Crippen LogP contribution in [-0.4, -0.2) is 0 Å². The Balaban J connectivity index is 1.16. The van der Waals surface area contributed by atoms with Crippen LogP contribution in [0.1, 0.15) is 6.93 Å². The van der Waals surface area contributed by atoms with Crippen molar-refractivity contribution in [3.8, 4) is 44.5 Å². The third kappa shape index (κ3) is 4.59. The number of benzene rings is 9. The number of aryl methyl sites for hydroxylation is 1. The quantitative estimate of drug-likeness (QED) is 0.166. The minimum Gasteiger partial charge on any atom is -0.135 e. The van der Waals surface area contributed by atoms with E-state index in [2.05, 4.69) is 159 Å². The molecule has 0 nitrogen and oxygen atoms in total. The molecule has 50 heavy (non-hydrogen) atoms. The van der Waals surface area contributed by atoms with Gasteiger partial charge in [0.15, 0.2) is 0 Å². The van der Waals surface area contributed by atoms with Crippen molar-refractivity contribution in [2.75, 3.05) is 0 Å². The molecule has 234 valence electrons. The summed E-state index contributed by atoms with van der Waals surface area (Å²) in [7, 11) is 0. The van der Waals surface area contributed by atoms with E-state index in [1.54, 1.807) is 0 Å². The van der Waals surface area contributed by atoms with Gasteiger partial charge in [-0.2, -0.15) is 0 Å². The van der Waals surface area contributed by atoms with Crippen molar-refractivity contribution in [3.63, 3.8) is 0 Å². The predicted molar refractivity (Wildman–Crippen MR) is 218 cm³/mol. The lowest BCUT2D eigenvalue weighted by Crippen LogP contribution is -1.93. The van der Waals surface area contributed by atoms with Crippen molar-refractivity contribution in [2.24, 2.45) is 0 Å². The summed E-state index contributed by atoms with van der Waals surface area (Å²) in [5, 5.41) is 9.92. The molecule has 0 aliphatic carbocycles. The van der Waals surface area contributed by atoms with E-state index in [0.717, 1.165) is 10.8 Å². The second-order valence-corrected chi connectivity index (χ2v) is 14.3. The molecular formula is C49H32S. The minimum absolute atomic E-state index is 0.539. The van der Waals surface area contributed by atoms with Crippen LogP contribution in [0.2, 0.25) is 0 Å². The zero-order valence-corrected chi connectivity index (χ0v) is 28.4. The van der Waals surface area contributed by atoms with Crippen molar-refractivity contribution < 1.29 is 1.37 Å². The molecule has 0 fully saturated rings. The highest BCUT2D eigenvalue weighted by Gasteiger charge is 2.20. The average molecular weight is 654 g/mol. The summed E-state index contributed by atoms with van der Waals surface area (Å²) >= 11 is 1.89. The highest BCUT2D eigenvalue weighted by Crippen LogP contribution is 2.47. The molecule has 1 heteroatoms. The zero-order valence-electron chi connectivity index (χ0n) is 28.6. The summed E-state index contributed by atoms with van der Waals surface area (Å²) in [6, 6.07) is 62.3. The molecule has 0 unspecified atom stereocenters. The summed E-state index contributed by atoms with van der Waals surface area (Å²) in [5.74, 6) is 0. The molecule has 0 saturated carbocycles. The van der Waals surface area contributed by atoms with Crippen LogP contribution < -0.4 is 0 Å². The average Bonchev–Trinajstić information content (AvgIpc) is 3.56. The fourth-order valence-corrected chi connectivity index (χ4v) is 9.12. The van der Waals surface area contributed by atoms with E-state index in [9.17, 15) is 0 Å². The lowest BCUT2D eigenvalue weighted by molar-refractivity contribution is 1.54. The smallest absolute Gasteiger partial charge is 0.0623 e. The molecule has 0 aliphatic rings. The second-order valence-electron chi connectivity index (χ2n) is 13.2. The molecule has 1 heterocycles. The normalized spacial score (nSPS) is 12.0. The van der Waals surface area contributed by atoms with E-state index in [4.69, 9.17) is 1.37 Å². The van der Waals surface area contributed by atoms with E-state index in [0.29, 0.717) is 6.04 Å². The lowest BCUT2D eigenvalue weighted by Gasteiger charge is -2.20. The first kappa shape index (κ1) is 27.9. The first-order valence-electron chi connectivity index (χ1n) is 17.7. The largest absolute Gasteiger partial charge is 0.135 e. The topological polar surface area (TPSA) is 0 Å². The van der Waals surface area contributed by atoms with Gasteiger partial charge in [0.1, 0.15) is 0 Å². The molecule has 0 saturated heterocycles. The first-order chi connectivity index (χ1) is 25.1. The van der Waals surface area contributed by atoms with E-state index >= 15 is 0 Å². The van der Waals surface area contributed by atoms with Gasteiger partial charge in [0.05, 0.1) is 1.37 Å². The highest BCUT2D eigenvalue weighted by atomic mass is 32.1. The standard InChI is InChI=1S/C49H32S/c1-31-28-37(30-45-39-15-10-11-21-46(39)50-49(31)45)38-14-4-5-16-40(38)48-43-19-8-6-17-41(43)47(42-18-7-9-20-44(42)48)34-25-22-33(23-26-34)36-27-24-32-12-2-3-13-35(32)29-36/h2-30H,1H3/i2D. The lowest BCUT2D eigenvalue weighted by atomic mass is 9.83. The number of thiophene rings is 1. The van der Waals surface area contributed by atoms with Gasteiger partial charge >= 0.3 is 0 Å². The molecule has 0 atom stereocenters. The Labute approximate surface area is 296 Å². The summed E-state index contributed by atoms with van der Waals surface area (Å²) in [5.41, 5.74) is 11.2. The van der Waals surface area contributed by atoms with Crippen molar-refractivity contribution in [1.82, 2.24) is 0 Å². The van der Waals surface area contributed by atoms with E-state index in [1.807, 2.05) is 29.5 Å². The van der Waals surface area contributed by atoms with Crippen LogP contribution in [-0.2, 0) is 0 Å². The third-order valence-electron chi connectivity index (χ3n) is 10.3. The van der Waals surface area contributed by atoms with E-state index < -0.39 is 0 Å². The molecule has 0 spiro atoms. The Morgan fingerprint density at radius 3 is 1.74 bits per heavy atom. The Kier molecular flexibility index (Phi) is 6.44. The van der Waals surface area contributed by atoms with Crippen molar-refractivity contribution in [3.05, 3.63) is 181 Å². The fraction of sp³-hybridized carbons (Fsp3) is 0.0204. The first-order valence-corrected chi connectivity index (χ1v) is 18.0. The molecule has 0 amide bonds. The van der Waals surface area contributed by atoms with Gasteiger partial charge < -0.3 is 0 Å². The maximum Gasteiger partial charge on any atom is 0.0623 e. The van der Waals surface area contributed by atoms with Gasteiger partial charge in [-0.05, 0) is 114 Å². The monoisotopic (exact) mass is 653 g/mol. The van der Waals surface area contributed by atoms with Crippen LogP contribution >= 0.6 is 11.3 Å². The van der Waals surface area contributed by atoms with Crippen molar-refractivity contribution in [2.45, 2.75) is 6.92 Å². The number of fused-ring (bicyclic) bond motifs is 6. The van der Waals surface area contributed by atoms with Crippen LogP contribution in [0.4, 0.5) is 0 Å². The zero-order chi connectivity index (χ0) is 34.1. The van der Waals surface area contributed by atoms with Crippen LogP contribution in [0.15, 0.2) is 176 Å². The Hall–Kier alpha value is -6.02. The predicted octanol–water partition coefficient (Wildman–Crippen LogP) is 14.5. The molecular weight excluding hydrogens is 621 g/mol. The molecule has 10 aromatic rings. The second kappa shape index (κ2) is 11.6. The molecule has 9 aromatic carbocycles. The molecule has 0 N–H and O–H groups in total. The maximum atomic E-state index is 7.98. The SMILES string of the molecule is [2H]c1ccc2cc(-c3ccc(-c4c5ccccc5c(-c5ccccc5-c5cc(C)c6sc7ccccc7c6c5)c5ccccc45)cc3)ccc2c1. The molecule has 10 rings (SSSR count). The van der Waals surface area contributed by atoms with Gasteiger partial charge in [-0.25, -0.2) is 0 Å². The van der Waals surface area contributed by atoms with Gasteiger partial charge in [-0.3, -0.25) is 0 Å². The molecule has 1 aromatic heterocycles. The summed E-state index contributed by atoms with van der Waals surface area (Å²) in [4.78, 5) is 0. The summed E-state index contributed by atoms with van der Waals surface area (Å²) in [6.45, 7) is 2.25. The summed E-state index contributed by atoms with van der Waals surface area (Å²) in [6.07, 6.45) is 0. The van der Waals surface area contributed by atoms with Gasteiger partial charge in [-0.1, -0.05) is 152 Å². The minimum atomic E-state index is 0.539. The molecule has 0 bridgehead atoms. The Morgan fingerprint density at radius 1 is 0.400 bits per heavy atom. The Bertz CT molecular complexity index is 2930. The third-order valence-corrected chi connectivity index (χ3v) is 11.6. The van der Waals surface area contributed by atoms with Gasteiger partial charge in [0.2, 0.25) is 0 Å². The molecule has 0 aliphatic heterocycles. The number of rotatable bonds is 4. The summed E-state index contributed by atoms with van der Waals surface area (Å²) < 4.78 is 10.7. The van der Waals surface area contributed by atoms with Crippen LogP contribution in [0.5, 0.6) is 0 Å². The van der Waals surface area contributed by atoms with Gasteiger partial charge in [-0.15, -0.1) is 11.3 Å². The van der Waals surface area contributed by atoms with E-state index in [1.165, 1.54) is 91.8 Å². The number of hydrogen-bond acceptors (Lipinski definition) is 1. The number of hydrogen-bond donors (Lipinski definition) is 0. The van der Waals surface area contributed by atoms with Crippen LogP contribution in [0.25, 0.3) is 97.0 Å². The maximum absolute atomic E-state index is 7.98. The van der Waals surface area contributed by atoms with Gasteiger partial charge in [0, 0.05) is 20.2 Å². The Morgan fingerprint density at radius 2 is 1.00 bits per heavy atom. The van der Waals surface area contributed by atoms with Crippen molar-refractivity contribution >= 4 is 63.8 Å².